The third kappa shape index (κ3) is 2.16. The molecule has 8 heteroatoms. The number of carboxylic acids is 1. The molecule has 2 N–H and O–H groups in total. The fraction of sp³-hybridized carbons (Fsp3) is 0.800. The first kappa shape index (κ1) is 14.7. The van der Waals surface area contributed by atoms with Gasteiger partial charge in [0.25, 0.3) is 0 Å². The summed E-state index contributed by atoms with van der Waals surface area (Å²) in [6, 6.07) is 0. The van der Waals surface area contributed by atoms with Gasteiger partial charge in [0.2, 0.25) is 0 Å². The van der Waals surface area contributed by atoms with Crippen molar-refractivity contribution in [2.45, 2.75) is 44.6 Å². The normalized spacial score (nSPS) is 31.9. The van der Waals surface area contributed by atoms with Crippen LogP contribution in [0, 0.1) is 5.41 Å². The van der Waals surface area contributed by atoms with Crippen molar-refractivity contribution in [3.8, 4) is 0 Å². The van der Waals surface area contributed by atoms with E-state index >= 15 is 0 Å². The van der Waals surface area contributed by atoms with Gasteiger partial charge < -0.3 is 14.9 Å². The summed E-state index contributed by atoms with van der Waals surface area (Å²) >= 11 is 0. The van der Waals surface area contributed by atoms with Gasteiger partial charge in [-0.3, -0.25) is 9.59 Å². The molecule has 5 nitrogen and oxygen atoms in total. The predicted octanol–water partition coefficient (Wildman–Crippen LogP) is 1.10. The fourth-order valence-electron chi connectivity index (χ4n) is 1.86. The summed E-state index contributed by atoms with van der Waals surface area (Å²) in [5.74, 6) is -2.97. The van der Waals surface area contributed by atoms with Crippen molar-refractivity contribution >= 4 is 11.9 Å². The van der Waals surface area contributed by atoms with Gasteiger partial charge in [-0.25, -0.2) is 0 Å². The van der Waals surface area contributed by atoms with Crippen LogP contribution in [0.25, 0.3) is 0 Å². The highest BCUT2D eigenvalue weighted by molar-refractivity contribution is 6.00. The van der Waals surface area contributed by atoms with Crippen LogP contribution < -0.4 is 0 Å². The maximum Gasteiger partial charge on any atom is 0.417 e. The molecule has 0 aromatic heterocycles. The van der Waals surface area contributed by atoms with Crippen LogP contribution in [0.2, 0.25) is 0 Å². The lowest BCUT2D eigenvalue weighted by molar-refractivity contribution is -0.312. The van der Waals surface area contributed by atoms with E-state index in [9.17, 15) is 27.9 Å². The zero-order chi connectivity index (χ0) is 14.4. The van der Waals surface area contributed by atoms with E-state index < -0.39 is 48.1 Å². The van der Waals surface area contributed by atoms with Crippen LogP contribution in [0.3, 0.4) is 0 Å². The molecule has 0 aromatic carbocycles. The Bertz CT molecular complexity index is 368. The summed E-state index contributed by atoms with van der Waals surface area (Å²) in [6.45, 7) is 2.89. The van der Waals surface area contributed by atoms with Gasteiger partial charge in [-0.1, -0.05) is 0 Å². The van der Waals surface area contributed by atoms with E-state index in [1.165, 1.54) is 13.8 Å². The van der Waals surface area contributed by atoms with Gasteiger partial charge in [0, 0.05) is 12.8 Å². The minimum absolute atomic E-state index is 0.645. The van der Waals surface area contributed by atoms with E-state index in [0.717, 1.165) is 0 Å². The van der Waals surface area contributed by atoms with E-state index in [1.54, 1.807) is 0 Å². The molecule has 104 valence electrons. The zero-order valence-electron chi connectivity index (χ0n) is 9.74. The number of esters is 1. The number of carbonyl (C=O) groups excluding carboxylic acids is 1. The van der Waals surface area contributed by atoms with E-state index in [4.69, 9.17) is 5.11 Å². The number of alkyl halides is 3. The Balaban J connectivity index is 2.91. The molecule has 1 aliphatic rings. The molecule has 0 bridgehead atoms. The molecule has 0 aliphatic heterocycles. The Labute approximate surface area is 101 Å². The molecular formula is C10H13F3O5. The van der Waals surface area contributed by atoms with E-state index in [1.807, 2.05) is 0 Å². The number of halogens is 3. The number of carbonyl (C=O) groups is 2. The Hall–Kier alpha value is -1.31. The molecule has 0 saturated heterocycles. The van der Waals surface area contributed by atoms with Crippen LogP contribution >= 0.6 is 0 Å². The molecule has 0 heterocycles. The SMILES string of the molecule is CC(C)OC(=O)C1(C(=O)O)CC(O)(C(F)(F)F)C1. The first-order valence-electron chi connectivity index (χ1n) is 5.18. The molecule has 1 aliphatic carbocycles. The molecule has 1 rings (SSSR count). The van der Waals surface area contributed by atoms with Crippen LogP contribution in [0.15, 0.2) is 0 Å². The van der Waals surface area contributed by atoms with Crippen LogP contribution in [0.1, 0.15) is 26.7 Å². The molecule has 0 atom stereocenters. The molecule has 0 unspecified atom stereocenters. The maximum absolute atomic E-state index is 12.4. The molecule has 0 aromatic rings. The highest BCUT2D eigenvalue weighted by Gasteiger charge is 2.73. The number of carboxylic acid groups (broad SMARTS) is 1. The lowest BCUT2D eigenvalue weighted by Gasteiger charge is -2.48. The zero-order valence-corrected chi connectivity index (χ0v) is 9.74. The lowest BCUT2D eigenvalue weighted by Crippen LogP contribution is -2.66. The van der Waals surface area contributed by atoms with Crippen molar-refractivity contribution in [2.75, 3.05) is 0 Å². The van der Waals surface area contributed by atoms with Crippen molar-refractivity contribution in [2.24, 2.45) is 5.41 Å². The third-order valence-corrected chi connectivity index (χ3v) is 2.86. The van der Waals surface area contributed by atoms with E-state index in [0.29, 0.717) is 0 Å². The minimum atomic E-state index is -4.97. The quantitative estimate of drug-likeness (QED) is 0.592. The molecule has 0 amide bonds. The third-order valence-electron chi connectivity index (χ3n) is 2.86. The van der Waals surface area contributed by atoms with Crippen molar-refractivity contribution in [1.82, 2.24) is 0 Å². The van der Waals surface area contributed by atoms with Crippen LogP contribution in [-0.2, 0) is 14.3 Å². The van der Waals surface area contributed by atoms with E-state index in [2.05, 4.69) is 4.74 Å². The second-order valence-electron chi connectivity index (χ2n) is 4.72. The Morgan fingerprint density at radius 3 is 2.00 bits per heavy atom. The number of ether oxygens (including phenoxy) is 1. The average Bonchev–Trinajstić information content (AvgIpc) is 2.08. The van der Waals surface area contributed by atoms with Gasteiger partial charge in [0.1, 0.15) is 0 Å². The van der Waals surface area contributed by atoms with Gasteiger partial charge in [-0.15, -0.1) is 0 Å². The second kappa shape index (κ2) is 4.11. The number of rotatable bonds is 3. The largest absolute Gasteiger partial charge is 0.480 e. The monoisotopic (exact) mass is 270 g/mol. The number of aliphatic hydroxyl groups is 1. The molecule has 1 saturated carbocycles. The van der Waals surface area contributed by atoms with Gasteiger partial charge in [0.05, 0.1) is 6.10 Å². The first-order chi connectivity index (χ1) is 7.94. The number of aliphatic carboxylic acids is 1. The lowest BCUT2D eigenvalue weighted by atomic mass is 9.58. The standard InChI is InChI=1S/C10H13F3O5/c1-5(2)18-7(16)8(6(14)15)3-9(17,4-8)10(11,12)13/h5,17H,3-4H2,1-2H3,(H,14,15). The second-order valence-corrected chi connectivity index (χ2v) is 4.72. The molecule has 1 fully saturated rings. The summed E-state index contributed by atoms with van der Waals surface area (Å²) < 4.78 is 41.9. The smallest absolute Gasteiger partial charge is 0.417 e. The van der Waals surface area contributed by atoms with E-state index in [-0.39, 0.29) is 0 Å². The van der Waals surface area contributed by atoms with Crippen molar-refractivity contribution in [3.05, 3.63) is 0 Å². The highest BCUT2D eigenvalue weighted by Crippen LogP contribution is 2.56. The van der Waals surface area contributed by atoms with Crippen molar-refractivity contribution in [1.29, 1.82) is 0 Å². The van der Waals surface area contributed by atoms with Gasteiger partial charge in [-0.05, 0) is 13.8 Å². The Morgan fingerprint density at radius 2 is 1.72 bits per heavy atom. The Kier molecular flexibility index (Phi) is 3.37. The van der Waals surface area contributed by atoms with Gasteiger partial charge in [-0.2, -0.15) is 13.2 Å². The van der Waals surface area contributed by atoms with Crippen LogP contribution in [0.4, 0.5) is 13.2 Å². The van der Waals surface area contributed by atoms with Gasteiger partial charge in [0.15, 0.2) is 11.0 Å². The summed E-state index contributed by atoms with van der Waals surface area (Å²) in [5.41, 5.74) is -5.45. The van der Waals surface area contributed by atoms with Crippen LogP contribution in [0.5, 0.6) is 0 Å². The molecular weight excluding hydrogens is 257 g/mol. The van der Waals surface area contributed by atoms with Gasteiger partial charge >= 0.3 is 18.1 Å². The number of hydrogen-bond acceptors (Lipinski definition) is 4. The van der Waals surface area contributed by atoms with Crippen molar-refractivity contribution < 1.29 is 37.7 Å². The summed E-state index contributed by atoms with van der Waals surface area (Å²) in [7, 11) is 0. The minimum Gasteiger partial charge on any atom is -0.480 e. The first-order valence-corrected chi connectivity index (χ1v) is 5.18. The summed E-state index contributed by atoms with van der Waals surface area (Å²) in [6.07, 6.45) is -8.05. The topological polar surface area (TPSA) is 83.8 Å². The average molecular weight is 270 g/mol. The molecule has 18 heavy (non-hydrogen) atoms. The fourth-order valence-corrected chi connectivity index (χ4v) is 1.86. The number of hydrogen-bond donors (Lipinski definition) is 2. The molecule has 0 spiro atoms. The molecule has 0 radical (unpaired) electrons. The van der Waals surface area contributed by atoms with Crippen LogP contribution in [-0.4, -0.2) is 40.0 Å². The highest BCUT2D eigenvalue weighted by atomic mass is 19.4. The maximum atomic E-state index is 12.4. The summed E-state index contributed by atoms with van der Waals surface area (Å²) in [4.78, 5) is 22.5. The Morgan fingerprint density at radius 1 is 1.28 bits per heavy atom. The predicted molar refractivity (Wildman–Crippen MR) is 51.5 cm³/mol. The summed E-state index contributed by atoms with van der Waals surface area (Å²) in [5, 5.41) is 18.1. The van der Waals surface area contributed by atoms with Crippen molar-refractivity contribution in [3.63, 3.8) is 0 Å².